The first-order valence-electron chi connectivity index (χ1n) is 5.31. The van der Waals surface area contributed by atoms with E-state index in [1.165, 1.54) is 26.0 Å². The van der Waals surface area contributed by atoms with Crippen LogP contribution in [0.5, 0.6) is 5.75 Å². The summed E-state index contributed by atoms with van der Waals surface area (Å²) >= 11 is 0. The Hall–Kier alpha value is -1.25. The van der Waals surface area contributed by atoms with E-state index in [1.54, 1.807) is 6.07 Å². The third kappa shape index (κ3) is 2.41. The van der Waals surface area contributed by atoms with Gasteiger partial charge in [0.2, 0.25) is 0 Å². The molecule has 0 heterocycles. The van der Waals surface area contributed by atoms with Crippen molar-refractivity contribution in [2.45, 2.75) is 25.8 Å². The molecule has 1 saturated carbocycles. The van der Waals surface area contributed by atoms with Crippen LogP contribution in [0.1, 0.15) is 19.8 Å². The maximum atomic E-state index is 13.4. The molecule has 0 radical (unpaired) electrons. The summed E-state index contributed by atoms with van der Waals surface area (Å²) in [4.78, 5) is 0. The average Bonchev–Trinajstić information content (AvgIpc) is 3.01. The number of anilines is 1. The molecule has 1 atom stereocenters. The molecular formula is C12H16FNO. The van der Waals surface area contributed by atoms with E-state index in [9.17, 15) is 4.39 Å². The molecule has 3 heteroatoms. The fraction of sp³-hybridized carbons (Fsp3) is 0.500. The highest BCUT2D eigenvalue weighted by Gasteiger charge is 2.27. The number of hydrogen-bond acceptors (Lipinski definition) is 2. The smallest absolute Gasteiger partial charge is 0.167 e. The lowest BCUT2D eigenvalue weighted by Crippen LogP contribution is -2.17. The highest BCUT2D eigenvalue weighted by Crippen LogP contribution is 2.34. The second kappa shape index (κ2) is 4.09. The predicted molar refractivity (Wildman–Crippen MR) is 58.8 cm³/mol. The van der Waals surface area contributed by atoms with Crippen LogP contribution < -0.4 is 10.1 Å². The lowest BCUT2D eigenvalue weighted by Gasteiger charge is -2.14. The average molecular weight is 209 g/mol. The number of benzene rings is 1. The lowest BCUT2D eigenvalue weighted by atomic mass is 10.2. The Balaban J connectivity index is 2.05. The van der Waals surface area contributed by atoms with E-state index in [1.807, 2.05) is 6.07 Å². The minimum Gasteiger partial charge on any atom is -0.494 e. The molecule has 1 unspecified atom stereocenters. The van der Waals surface area contributed by atoms with Gasteiger partial charge in [-0.3, -0.25) is 0 Å². The zero-order valence-corrected chi connectivity index (χ0v) is 9.09. The largest absolute Gasteiger partial charge is 0.494 e. The second-order valence-electron chi connectivity index (χ2n) is 4.12. The maximum Gasteiger partial charge on any atom is 0.167 e. The van der Waals surface area contributed by atoms with E-state index < -0.39 is 0 Å². The van der Waals surface area contributed by atoms with Crippen LogP contribution in [0.4, 0.5) is 10.1 Å². The molecule has 0 saturated heterocycles. The molecule has 1 N–H and O–H groups in total. The Morgan fingerprint density at radius 2 is 2.20 bits per heavy atom. The molecule has 1 aromatic carbocycles. The van der Waals surface area contributed by atoms with Gasteiger partial charge in [-0.05, 0) is 37.8 Å². The summed E-state index contributed by atoms with van der Waals surface area (Å²) in [6.45, 7) is 2.14. The van der Waals surface area contributed by atoms with Crippen LogP contribution in [0.2, 0.25) is 0 Å². The highest BCUT2D eigenvalue weighted by atomic mass is 19.1. The van der Waals surface area contributed by atoms with Gasteiger partial charge in [0.25, 0.3) is 0 Å². The van der Waals surface area contributed by atoms with Crippen LogP contribution in [-0.2, 0) is 0 Å². The van der Waals surface area contributed by atoms with E-state index in [0.717, 1.165) is 11.6 Å². The quantitative estimate of drug-likeness (QED) is 0.823. The van der Waals surface area contributed by atoms with Crippen molar-refractivity contribution in [1.82, 2.24) is 0 Å². The second-order valence-corrected chi connectivity index (χ2v) is 4.12. The Morgan fingerprint density at radius 1 is 1.47 bits per heavy atom. The van der Waals surface area contributed by atoms with Gasteiger partial charge in [0, 0.05) is 17.8 Å². The molecular weight excluding hydrogens is 193 g/mol. The molecule has 0 amide bonds. The van der Waals surface area contributed by atoms with Crippen LogP contribution in [0.15, 0.2) is 18.2 Å². The molecule has 0 bridgehead atoms. The van der Waals surface area contributed by atoms with Crippen LogP contribution in [0.3, 0.4) is 0 Å². The molecule has 15 heavy (non-hydrogen) atoms. The fourth-order valence-electron chi connectivity index (χ4n) is 1.73. The summed E-state index contributed by atoms with van der Waals surface area (Å²) in [5, 5.41) is 3.30. The van der Waals surface area contributed by atoms with Crippen molar-refractivity contribution in [3.8, 4) is 5.75 Å². The molecule has 0 aliphatic heterocycles. The summed E-state index contributed by atoms with van der Waals surface area (Å²) in [7, 11) is 1.47. The summed E-state index contributed by atoms with van der Waals surface area (Å²) in [5.41, 5.74) is 0.827. The standard InChI is InChI=1S/C12H16FNO/c1-8(9-3-4-9)14-10-5-6-12(15-2)11(13)7-10/h5-9,14H,3-4H2,1-2H3. The van der Waals surface area contributed by atoms with E-state index in [-0.39, 0.29) is 5.82 Å². The number of halogens is 1. The number of nitrogens with one attached hydrogen (secondary N) is 1. The Labute approximate surface area is 89.4 Å². The molecule has 1 aromatic rings. The lowest BCUT2D eigenvalue weighted by molar-refractivity contribution is 0.386. The van der Waals surface area contributed by atoms with Gasteiger partial charge in [-0.15, -0.1) is 0 Å². The molecule has 2 rings (SSSR count). The van der Waals surface area contributed by atoms with Gasteiger partial charge >= 0.3 is 0 Å². The van der Waals surface area contributed by atoms with Crippen LogP contribution in [0.25, 0.3) is 0 Å². The summed E-state index contributed by atoms with van der Waals surface area (Å²) in [5.74, 6) is 0.736. The minimum atomic E-state index is -0.314. The first-order chi connectivity index (χ1) is 7.20. The van der Waals surface area contributed by atoms with Crippen LogP contribution >= 0.6 is 0 Å². The molecule has 0 spiro atoms. The molecule has 1 fully saturated rings. The first kappa shape index (κ1) is 10.3. The van der Waals surface area contributed by atoms with Crippen molar-refractivity contribution >= 4 is 5.69 Å². The molecule has 2 nitrogen and oxygen atoms in total. The van der Waals surface area contributed by atoms with E-state index in [2.05, 4.69) is 12.2 Å². The third-order valence-corrected chi connectivity index (χ3v) is 2.88. The van der Waals surface area contributed by atoms with Crippen molar-refractivity contribution in [2.75, 3.05) is 12.4 Å². The van der Waals surface area contributed by atoms with Gasteiger partial charge in [0.05, 0.1) is 7.11 Å². The predicted octanol–water partition coefficient (Wildman–Crippen LogP) is 3.04. The molecule has 1 aliphatic carbocycles. The number of rotatable bonds is 4. The van der Waals surface area contributed by atoms with Gasteiger partial charge in [-0.1, -0.05) is 0 Å². The first-order valence-corrected chi connectivity index (χ1v) is 5.31. The SMILES string of the molecule is COc1ccc(NC(C)C2CC2)cc1F. The van der Waals surface area contributed by atoms with Crippen molar-refractivity contribution in [2.24, 2.45) is 5.92 Å². The molecule has 0 aromatic heterocycles. The highest BCUT2D eigenvalue weighted by molar-refractivity contribution is 5.48. The van der Waals surface area contributed by atoms with Crippen molar-refractivity contribution in [3.63, 3.8) is 0 Å². The number of ether oxygens (including phenoxy) is 1. The summed E-state index contributed by atoms with van der Waals surface area (Å²) in [6, 6.07) is 5.41. The van der Waals surface area contributed by atoms with Gasteiger partial charge in [0.15, 0.2) is 11.6 Å². The Bertz CT molecular complexity index is 349. The Morgan fingerprint density at radius 3 is 2.73 bits per heavy atom. The fourth-order valence-corrected chi connectivity index (χ4v) is 1.73. The zero-order chi connectivity index (χ0) is 10.8. The number of methoxy groups -OCH3 is 1. The van der Waals surface area contributed by atoms with Gasteiger partial charge < -0.3 is 10.1 Å². The monoisotopic (exact) mass is 209 g/mol. The van der Waals surface area contributed by atoms with Crippen molar-refractivity contribution < 1.29 is 9.13 Å². The topological polar surface area (TPSA) is 21.3 Å². The van der Waals surface area contributed by atoms with Gasteiger partial charge in [-0.25, -0.2) is 4.39 Å². The third-order valence-electron chi connectivity index (χ3n) is 2.88. The summed E-state index contributed by atoms with van der Waals surface area (Å²) in [6.07, 6.45) is 2.57. The van der Waals surface area contributed by atoms with Gasteiger partial charge in [0.1, 0.15) is 0 Å². The van der Waals surface area contributed by atoms with Crippen LogP contribution in [-0.4, -0.2) is 13.2 Å². The van der Waals surface area contributed by atoms with Crippen molar-refractivity contribution in [3.05, 3.63) is 24.0 Å². The normalized spacial score (nSPS) is 17.3. The summed E-state index contributed by atoms with van der Waals surface area (Å²) < 4.78 is 18.2. The van der Waals surface area contributed by atoms with Crippen LogP contribution in [0, 0.1) is 11.7 Å². The molecule has 1 aliphatic rings. The van der Waals surface area contributed by atoms with E-state index in [0.29, 0.717) is 11.8 Å². The maximum absolute atomic E-state index is 13.4. The molecule has 82 valence electrons. The van der Waals surface area contributed by atoms with Crippen molar-refractivity contribution in [1.29, 1.82) is 0 Å². The minimum absolute atomic E-state index is 0.291. The number of hydrogen-bond donors (Lipinski definition) is 1. The van der Waals surface area contributed by atoms with E-state index in [4.69, 9.17) is 4.74 Å². The zero-order valence-electron chi connectivity index (χ0n) is 9.09. The van der Waals surface area contributed by atoms with Gasteiger partial charge in [-0.2, -0.15) is 0 Å². The van der Waals surface area contributed by atoms with E-state index >= 15 is 0 Å². The Kier molecular flexibility index (Phi) is 2.80.